The number of rotatable bonds is 17. The first-order valence-corrected chi connectivity index (χ1v) is 16.4. The second kappa shape index (κ2) is 16.7. The van der Waals surface area contributed by atoms with Crippen LogP contribution in [0.3, 0.4) is 0 Å². The van der Waals surface area contributed by atoms with Crippen molar-refractivity contribution >= 4 is 21.7 Å². The minimum atomic E-state index is -3.92. The molecule has 12 nitrogen and oxygen atoms in total. The summed E-state index contributed by atoms with van der Waals surface area (Å²) < 4.78 is 43.1. The van der Waals surface area contributed by atoms with E-state index in [9.17, 15) is 23.1 Å². The molecule has 0 bridgehead atoms. The van der Waals surface area contributed by atoms with Gasteiger partial charge in [-0.15, -0.1) is 0 Å². The van der Waals surface area contributed by atoms with E-state index in [4.69, 9.17) is 14.2 Å². The van der Waals surface area contributed by atoms with E-state index < -0.39 is 33.3 Å². The van der Waals surface area contributed by atoms with E-state index in [1.54, 1.807) is 27.0 Å². The van der Waals surface area contributed by atoms with Gasteiger partial charge >= 0.3 is 0 Å². The minimum absolute atomic E-state index is 0.00784. The molecule has 0 radical (unpaired) electrons. The lowest BCUT2D eigenvalue weighted by Crippen LogP contribution is -2.60. The van der Waals surface area contributed by atoms with E-state index in [-0.39, 0.29) is 55.4 Å². The molecular formula is C31H46N4O8S. The average molecular weight is 635 g/mol. The lowest BCUT2D eigenvalue weighted by atomic mass is 9.99. The third-order valence-corrected chi connectivity index (χ3v) is 9.36. The smallest absolute Gasteiger partial charge is 0.252 e. The van der Waals surface area contributed by atoms with Crippen LogP contribution in [0.1, 0.15) is 39.7 Å². The van der Waals surface area contributed by atoms with E-state index in [2.05, 4.69) is 16.1 Å². The van der Waals surface area contributed by atoms with Crippen LogP contribution in [0.5, 0.6) is 11.5 Å². The van der Waals surface area contributed by atoms with E-state index in [1.807, 2.05) is 44.2 Å². The van der Waals surface area contributed by atoms with Gasteiger partial charge in [-0.25, -0.2) is 13.4 Å². The number of nitrogens with zero attached hydrogens (tertiary/aromatic N) is 1. The molecule has 0 aliphatic carbocycles. The SMILES string of the molecule is COCCNCC(=O)NN(C(=O)CC(C)C)C(Cc1ccccc1)[C@H](O)CNC(C(C)C)S(=O)(=O)c1ccc2c(c1)OCO2. The van der Waals surface area contributed by atoms with Gasteiger partial charge in [-0.05, 0) is 36.0 Å². The Morgan fingerprint density at radius 1 is 1.05 bits per heavy atom. The summed E-state index contributed by atoms with van der Waals surface area (Å²) >= 11 is 0. The molecule has 0 fully saturated rings. The first-order chi connectivity index (χ1) is 20.9. The third-order valence-electron chi connectivity index (χ3n) is 7.07. The highest BCUT2D eigenvalue weighted by Crippen LogP contribution is 2.35. The van der Waals surface area contributed by atoms with Gasteiger partial charge in [0.15, 0.2) is 21.3 Å². The molecule has 3 rings (SSSR count). The van der Waals surface area contributed by atoms with Crippen molar-refractivity contribution in [1.82, 2.24) is 21.1 Å². The summed E-state index contributed by atoms with van der Waals surface area (Å²) in [6.07, 6.45) is -0.900. The molecule has 13 heteroatoms. The van der Waals surface area contributed by atoms with Gasteiger partial charge in [0.2, 0.25) is 12.7 Å². The van der Waals surface area contributed by atoms with Crippen LogP contribution in [0.4, 0.5) is 0 Å². The van der Waals surface area contributed by atoms with Gasteiger partial charge in [-0.3, -0.25) is 20.3 Å². The molecule has 1 heterocycles. The standard InChI is InChI=1S/C31H46N4O8S/c1-21(2)15-30(38)35(34-29(37)19-32-13-14-41-5)25(16-23-9-7-6-8-10-23)26(36)18-33-31(22(3)4)44(39,40)24-11-12-27-28(17-24)43-20-42-27/h6-12,17,21-22,25-26,31-33,36H,13-16,18-20H2,1-5H3,(H,34,37)/t25?,26-,31?/m1/s1. The van der Waals surface area contributed by atoms with Crippen LogP contribution in [0.2, 0.25) is 0 Å². The Labute approximate surface area is 260 Å². The highest BCUT2D eigenvalue weighted by atomic mass is 32.2. The molecule has 0 aromatic heterocycles. The number of methoxy groups -OCH3 is 1. The lowest BCUT2D eigenvalue weighted by molar-refractivity contribution is -0.148. The van der Waals surface area contributed by atoms with Crippen molar-refractivity contribution in [2.45, 2.75) is 63.0 Å². The van der Waals surface area contributed by atoms with Crippen molar-refractivity contribution in [3.8, 4) is 11.5 Å². The van der Waals surface area contributed by atoms with E-state index in [1.165, 1.54) is 17.1 Å². The Morgan fingerprint density at radius 3 is 2.41 bits per heavy atom. The minimum Gasteiger partial charge on any atom is -0.454 e. The summed E-state index contributed by atoms with van der Waals surface area (Å²) in [4.78, 5) is 26.5. The Bertz CT molecular complexity index is 1320. The van der Waals surface area contributed by atoms with Crippen molar-refractivity contribution in [1.29, 1.82) is 0 Å². The van der Waals surface area contributed by atoms with Crippen molar-refractivity contribution in [3.63, 3.8) is 0 Å². The number of carbonyl (C=O) groups excluding carboxylic acids is 2. The molecule has 1 aliphatic rings. The molecule has 244 valence electrons. The van der Waals surface area contributed by atoms with Gasteiger partial charge in [0.1, 0.15) is 5.37 Å². The molecule has 4 N–H and O–H groups in total. The lowest BCUT2D eigenvalue weighted by Gasteiger charge is -2.36. The number of hydrogen-bond donors (Lipinski definition) is 4. The fraction of sp³-hybridized carbons (Fsp3) is 0.548. The number of aliphatic hydroxyl groups excluding tert-OH is 1. The first kappa shape index (κ1) is 35.3. The average Bonchev–Trinajstić information content (AvgIpc) is 3.45. The zero-order chi connectivity index (χ0) is 32.3. The topological polar surface area (TPSA) is 156 Å². The Balaban J connectivity index is 1.86. The number of hydrazine groups is 1. The number of hydrogen-bond acceptors (Lipinski definition) is 10. The van der Waals surface area contributed by atoms with Gasteiger partial charge in [0.05, 0.1) is 30.2 Å². The molecule has 2 unspecified atom stereocenters. The molecular weight excluding hydrogens is 588 g/mol. The van der Waals surface area contributed by atoms with Crippen molar-refractivity contribution < 1.29 is 37.3 Å². The maximum atomic E-state index is 13.7. The zero-order valence-electron chi connectivity index (χ0n) is 26.1. The quantitative estimate of drug-likeness (QED) is 0.150. The van der Waals surface area contributed by atoms with E-state index in [0.717, 1.165) is 5.56 Å². The van der Waals surface area contributed by atoms with Crippen molar-refractivity contribution in [3.05, 3.63) is 54.1 Å². The number of sulfone groups is 1. The van der Waals surface area contributed by atoms with Gasteiger partial charge < -0.3 is 24.6 Å². The van der Waals surface area contributed by atoms with Gasteiger partial charge in [-0.2, -0.15) is 0 Å². The normalized spacial score (nSPS) is 14.8. The van der Waals surface area contributed by atoms with Crippen LogP contribution in [0.15, 0.2) is 53.4 Å². The molecule has 2 aromatic rings. The molecule has 2 aromatic carbocycles. The number of ether oxygens (including phenoxy) is 3. The van der Waals surface area contributed by atoms with Gasteiger partial charge in [0.25, 0.3) is 5.91 Å². The van der Waals surface area contributed by atoms with Crippen LogP contribution in [0.25, 0.3) is 0 Å². The summed E-state index contributed by atoms with van der Waals surface area (Å²) in [6.45, 7) is 7.96. The Hall–Kier alpha value is -3.23. The van der Waals surface area contributed by atoms with Crippen LogP contribution < -0.4 is 25.5 Å². The molecule has 44 heavy (non-hydrogen) atoms. The summed E-state index contributed by atoms with van der Waals surface area (Å²) in [5, 5.41) is 17.7. The molecule has 0 spiro atoms. The Kier molecular flexibility index (Phi) is 13.4. The summed E-state index contributed by atoms with van der Waals surface area (Å²) in [7, 11) is -2.36. The summed E-state index contributed by atoms with van der Waals surface area (Å²) in [5.41, 5.74) is 3.53. The van der Waals surface area contributed by atoms with E-state index >= 15 is 0 Å². The summed E-state index contributed by atoms with van der Waals surface area (Å²) in [5.74, 6) is -0.378. The first-order valence-electron chi connectivity index (χ1n) is 14.8. The monoisotopic (exact) mass is 634 g/mol. The van der Waals surface area contributed by atoms with Gasteiger partial charge in [0, 0.05) is 32.7 Å². The van der Waals surface area contributed by atoms with Crippen LogP contribution in [-0.4, -0.2) is 88.0 Å². The highest BCUT2D eigenvalue weighted by molar-refractivity contribution is 7.92. The fourth-order valence-corrected chi connectivity index (χ4v) is 6.71. The van der Waals surface area contributed by atoms with Crippen LogP contribution >= 0.6 is 0 Å². The molecule has 0 saturated carbocycles. The second-order valence-corrected chi connectivity index (χ2v) is 13.6. The largest absolute Gasteiger partial charge is 0.454 e. The fourth-order valence-electron chi connectivity index (χ4n) is 4.86. The number of fused-ring (bicyclic) bond motifs is 1. The number of benzene rings is 2. The Morgan fingerprint density at radius 2 is 1.75 bits per heavy atom. The van der Waals surface area contributed by atoms with Crippen molar-refractivity contribution in [2.24, 2.45) is 11.8 Å². The molecule has 1 aliphatic heterocycles. The number of aliphatic hydroxyl groups is 1. The van der Waals surface area contributed by atoms with E-state index in [0.29, 0.717) is 24.7 Å². The third kappa shape index (κ3) is 9.89. The number of carbonyl (C=O) groups is 2. The second-order valence-electron chi connectivity index (χ2n) is 11.5. The molecule has 2 amide bonds. The zero-order valence-corrected chi connectivity index (χ0v) is 26.9. The highest BCUT2D eigenvalue weighted by Gasteiger charge is 2.36. The number of amides is 2. The van der Waals surface area contributed by atoms with Crippen molar-refractivity contribution in [2.75, 3.05) is 40.1 Å². The predicted molar refractivity (Wildman–Crippen MR) is 166 cm³/mol. The summed E-state index contributed by atoms with van der Waals surface area (Å²) in [6, 6.07) is 12.9. The van der Waals surface area contributed by atoms with Crippen LogP contribution in [0, 0.1) is 11.8 Å². The maximum Gasteiger partial charge on any atom is 0.252 e. The van der Waals surface area contributed by atoms with Gasteiger partial charge in [-0.1, -0.05) is 58.0 Å². The molecule has 3 atom stereocenters. The predicted octanol–water partition coefficient (Wildman–Crippen LogP) is 1.87. The molecule has 0 saturated heterocycles. The maximum absolute atomic E-state index is 13.7. The van der Waals surface area contributed by atoms with Crippen LogP contribution in [-0.2, 0) is 30.6 Å². The number of nitrogens with one attached hydrogen (secondary N) is 3.